The standard InChI is InChI=1S/2C26H52N4O2.Ca/c2*27-25(28)29-22-19-21-26(24(31)32)20-17-15-13-11-9-7-5-3-1-2-4-6-8-10-12-14-16-18-23-30-26;/h2*30H,1-23H2,(H,31,32)(H4,27,28,29);/q;;+2/p-2/t2*26-;/m00./s1. The monoisotopic (exact) mass is 943 g/mol. The first-order chi connectivity index (χ1) is 31.1. The van der Waals surface area contributed by atoms with Crippen LogP contribution in [0.1, 0.15) is 270 Å². The van der Waals surface area contributed by atoms with Crippen LogP contribution in [0.2, 0.25) is 0 Å². The van der Waals surface area contributed by atoms with Crippen molar-refractivity contribution in [3.8, 4) is 0 Å². The van der Waals surface area contributed by atoms with Gasteiger partial charge in [0.15, 0.2) is 11.9 Å². The maximum absolute atomic E-state index is 12.2. The Labute approximate surface area is 429 Å². The summed E-state index contributed by atoms with van der Waals surface area (Å²) in [6.45, 7) is 2.50. The Morgan fingerprint density at radius 2 is 0.600 bits per heavy atom. The predicted octanol–water partition coefficient (Wildman–Crippen LogP) is 9.13. The van der Waals surface area contributed by atoms with E-state index in [9.17, 15) is 19.8 Å². The zero-order valence-electron chi connectivity index (χ0n) is 42.0. The van der Waals surface area contributed by atoms with Crippen LogP contribution < -0.4 is 42.9 Å². The van der Waals surface area contributed by atoms with Crippen LogP contribution >= 0.6 is 0 Å². The van der Waals surface area contributed by atoms with E-state index in [0.29, 0.717) is 51.6 Å². The molecule has 0 aromatic heterocycles. The fraction of sp³-hybridized carbons (Fsp3) is 0.923. The molecule has 0 radical (unpaired) electrons. The largest absolute Gasteiger partial charge is 2.00 e. The van der Waals surface area contributed by atoms with E-state index in [1.165, 1.54) is 180 Å². The number of rotatable bonds is 10. The van der Waals surface area contributed by atoms with Gasteiger partial charge in [-0.15, -0.1) is 0 Å². The summed E-state index contributed by atoms with van der Waals surface area (Å²) < 4.78 is 0. The van der Waals surface area contributed by atoms with E-state index in [1.54, 1.807) is 0 Å². The summed E-state index contributed by atoms with van der Waals surface area (Å²) in [5.41, 5.74) is 8.78. The smallest absolute Gasteiger partial charge is 0.548 e. The molecule has 0 spiro atoms. The topological polar surface area (TPSA) is 228 Å². The number of carboxylic acid groups (broad SMARTS) is 2. The van der Waals surface area contributed by atoms with Gasteiger partial charge in [0.05, 0.1) is 23.0 Å². The molecule has 2 atom stereocenters. The van der Waals surface area contributed by atoms with Gasteiger partial charge < -0.3 is 52.5 Å². The molecule has 2 aliphatic heterocycles. The minimum Gasteiger partial charge on any atom is -0.548 e. The second-order valence-electron chi connectivity index (χ2n) is 19.7. The number of carbonyl (C=O) groups is 2. The van der Waals surface area contributed by atoms with Gasteiger partial charge in [0, 0.05) is 13.1 Å². The molecule has 13 heteroatoms. The molecule has 12 nitrogen and oxygen atoms in total. The SMILES string of the molecule is N=C(N)NCCC[C@]1(C(=O)[O-])CCCCCCCCCCCCCCCCCCCCN1.N=C(N)NCCC[C@]1(C(=O)[O-])CCCCCCCCCCCCCCCCCCCCN1.[Ca+2]. The summed E-state index contributed by atoms with van der Waals surface area (Å²) in [5.74, 6) is -2.09. The molecule has 0 unspecified atom stereocenters. The van der Waals surface area contributed by atoms with Crippen molar-refractivity contribution in [2.75, 3.05) is 26.2 Å². The quantitative estimate of drug-likeness (QED) is 0.0448. The third-order valence-electron chi connectivity index (χ3n) is 14.0. The fourth-order valence-corrected chi connectivity index (χ4v) is 9.80. The first kappa shape index (κ1) is 63.7. The molecule has 0 bridgehead atoms. The van der Waals surface area contributed by atoms with Gasteiger partial charge in [0.2, 0.25) is 0 Å². The van der Waals surface area contributed by atoms with Gasteiger partial charge in [0.1, 0.15) is 0 Å². The molecular formula is C52H102CaN8O4. The summed E-state index contributed by atoms with van der Waals surface area (Å²) in [6, 6.07) is 0. The van der Waals surface area contributed by atoms with E-state index in [-0.39, 0.29) is 49.7 Å². The predicted molar refractivity (Wildman–Crippen MR) is 271 cm³/mol. The van der Waals surface area contributed by atoms with Gasteiger partial charge in [0.25, 0.3) is 0 Å². The molecule has 0 aromatic carbocycles. The second kappa shape index (κ2) is 45.1. The van der Waals surface area contributed by atoms with Crippen molar-refractivity contribution >= 4 is 61.6 Å². The van der Waals surface area contributed by atoms with Crippen molar-refractivity contribution in [1.29, 1.82) is 10.8 Å². The van der Waals surface area contributed by atoms with Crippen LogP contribution in [0.3, 0.4) is 0 Å². The van der Waals surface area contributed by atoms with Gasteiger partial charge >= 0.3 is 37.7 Å². The molecule has 10 N–H and O–H groups in total. The summed E-state index contributed by atoms with van der Waals surface area (Å²) in [6.07, 6.45) is 49.3. The van der Waals surface area contributed by atoms with Crippen molar-refractivity contribution < 1.29 is 19.8 Å². The molecule has 0 aliphatic carbocycles. The van der Waals surface area contributed by atoms with Crippen molar-refractivity contribution in [1.82, 2.24) is 21.3 Å². The molecule has 0 aromatic rings. The molecule has 0 saturated carbocycles. The number of nitrogens with two attached hydrogens (primary N) is 2. The number of guanidine groups is 2. The van der Waals surface area contributed by atoms with Crippen LogP contribution in [0.25, 0.3) is 0 Å². The van der Waals surface area contributed by atoms with Gasteiger partial charge in [-0.3, -0.25) is 10.8 Å². The van der Waals surface area contributed by atoms with Crippen molar-refractivity contribution in [3.05, 3.63) is 0 Å². The molecule has 2 heterocycles. The first-order valence-electron chi connectivity index (χ1n) is 27.2. The summed E-state index contributed by atoms with van der Waals surface area (Å²) in [7, 11) is 0. The average molecular weight is 944 g/mol. The zero-order chi connectivity index (χ0) is 46.7. The summed E-state index contributed by atoms with van der Waals surface area (Å²) in [5, 5.41) is 51.3. The molecule has 65 heavy (non-hydrogen) atoms. The number of hydrogen-bond acceptors (Lipinski definition) is 8. The van der Waals surface area contributed by atoms with Crippen LogP contribution in [0.15, 0.2) is 0 Å². The van der Waals surface area contributed by atoms with Crippen LogP contribution in [0.5, 0.6) is 0 Å². The van der Waals surface area contributed by atoms with E-state index in [2.05, 4.69) is 21.3 Å². The molecule has 0 amide bonds. The third-order valence-corrected chi connectivity index (χ3v) is 14.0. The molecular weight excluding hydrogens is 841 g/mol. The minimum absolute atomic E-state index is 0. The normalized spacial score (nSPS) is 24.1. The minimum atomic E-state index is -0.977. The zero-order valence-corrected chi connectivity index (χ0v) is 44.2. The summed E-state index contributed by atoms with van der Waals surface area (Å²) in [4.78, 5) is 24.4. The Kier molecular flexibility index (Phi) is 44.2. The van der Waals surface area contributed by atoms with Crippen molar-refractivity contribution in [2.45, 2.75) is 281 Å². The fourth-order valence-electron chi connectivity index (χ4n) is 9.80. The van der Waals surface area contributed by atoms with Crippen molar-refractivity contribution in [3.63, 3.8) is 0 Å². The second-order valence-corrected chi connectivity index (χ2v) is 19.7. The van der Waals surface area contributed by atoms with Crippen LogP contribution in [-0.2, 0) is 9.59 Å². The first-order valence-corrected chi connectivity index (χ1v) is 27.2. The molecule has 2 saturated heterocycles. The third kappa shape index (κ3) is 37.3. The molecule has 376 valence electrons. The molecule has 2 fully saturated rings. The van der Waals surface area contributed by atoms with Gasteiger partial charge in [-0.05, 0) is 64.5 Å². The Morgan fingerprint density at radius 1 is 0.400 bits per heavy atom. The van der Waals surface area contributed by atoms with E-state index < -0.39 is 23.0 Å². The van der Waals surface area contributed by atoms with Gasteiger partial charge in [-0.2, -0.15) is 0 Å². The number of carbonyl (C=O) groups excluding carboxylic acids is 2. The number of nitrogens with one attached hydrogen (secondary N) is 6. The van der Waals surface area contributed by atoms with Crippen LogP contribution in [0, 0.1) is 10.8 Å². The summed E-state index contributed by atoms with van der Waals surface area (Å²) >= 11 is 0. The van der Waals surface area contributed by atoms with E-state index in [0.717, 1.165) is 64.5 Å². The Balaban J connectivity index is 0.00000124. The Morgan fingerprint density at radius 3 is 0.800 bits per heavy atom. The maximum atomic E-state index is 12.2. The van der Waals surface area contributed by atoms with Gasteiger partial charge in [-0.1, -0.05) is 218 Å². The molecule has 2 aliphatic rings. The van der Waals surface area contributed by atoms with E-state index in [1.807, 2.05) is 0 Å². The Bertz CT molecular complexity index is 1020. The Hall–Kier alpha value is -1.34. The van der Waals surface area contributed by atoms with Gasteiger partial charge in [-0.25, -0.2) is 0 Å². The van der Waals surface area contributed by atoms with Crippen LogP contribution in [-0.4, -0.2) is 98.9 Å². The van der Waals surface area contributed by atoms with Crippen molar-refractivity contribution in [2.24, 2.45) is 11.5 Å². The number of carboxylic acids is 2. The average Bonchev–Trinajstić information content (AvgIpc) is 3.26. The molecule has 2 rings (SSSR count). The van der Waals surface area contributed by atoms with E-state index in [4.69, 9.17) is 22.3 Å². The van der Waals surface area contributed by atoms with Crippen LogP contribution in [0.4, 0.5) is 0 Å². The number of aliphatic carboxylic acids is 2. The maximum Gasteiger partial charge on any atom is 2.00 e. The van der Waals surface area contributed by atoms with E-state index >= 15 is 0 Å². The number of hydrogen-bond donors (Lipinski definition) is 8.